The number of benzene rings is 2. The number of nitrogens with one attached hydrogen (secondary N) is 2. The lowest BCUT2D eigenvalue weighted by Crippen LogP contribution is -2.47. The van der Waals surface area contributed by atoms with Gasteiger partial charge in [-0.25, -0.2) is 0 Å². The highest BCUT2D eigenvalue weighted by molar-refractivity contribution is 6.06. The van der Waals surface area contributed by atoms with Crippen LogP contribution in [0.5, 0.6) is 0 Å². The van der Waals surface area contributed by atoms with Crippen molar-refractivity contribution < 1.29 is 14.3 Å². The minimum absolute atomic E-state index is 0.0266. The number of hydrogen-bond donors (Lipinski definition) is 2. The zero-order chi connectivity index (χ0) is 30.1. The molecule has 44 heavy (non-hydrogen) atoms. The molecule has 2 aliphatic heterocycles. The van der Waals surface area contributed by atoms with Crippen LogP contribution in [0.2, 0.25) is 0 Å². The van der Waals surface area contributed by atoms with E-state index < -0.39 is 5.41 Å². The number of fused-ring (bicyclic) bond motifs is 3. The normalized spacial score (nSPS) is 21.2. The Morgan fingerprint density at radius 3 is 2.52 bits per heavy atom. The van der Waals surface area contributed by atoms with Gasteiger partial charge in [-0.3, -0.25) is 19.3 Å². The van der Waals surface area contributed by atoms with Gasteiger partial charge in [0.25, 0.3) is 11.5 Å². The molecule has 4 aliphatic rings. The smallest absolute Gasteiger partial charge is 0.252 e. The summed E-state index contributed by atoms with van der Waals surface area (Å²) in [6.45, 7) is 5.82. The van der Waals surface area contributed by atoms with Crippen LogP contribution in [0.1, 0.15) is 69.8 Å². The van der Waals surface area contributed by atoms with E-state index in [1.165, 1.54) is 0 Å². The Morgan fingerprint density at radius 1 is 0.955 bits per heavy atom. The van der Waals surface area contributed by atoms with Crippen molar-refractivity contribution in [2.75, 3.05) is 57.4 Å². The number of nitrogens with zero attached hydrogens (tertiary/aromatic N) is 2. The lowest BCUT2D eigenvalue weighted by Gasteiger charge is -2.40. The summed E-state index contributed by atoms with van der Waals surface area (Å²) in [6, 6.07) is 18.2. The molecule has 2 aliphatic carbocycles. The van der Waals surface area contributed by atoms with E-state index in [4.69, 9.17) is 4.74 Å². The predicted octanol–water partition coefficient (Wildman–Crippen LogP) is 3.76. The molecule has 2 saturated heterocycles. The Balaban J connectivity index is 1.17. The number of aromatic amines is 1. The summed E-state index contributed by atoms with van der Waals surface area (Å²) >= 11 is 0. The molecular weight excluding hydrogens is 552 g/mol. The molecular formula is C36H42N4O4. The second-order valence-corrected chi connectivity index (χ2v) is 12.9. The molecule has 2 aromatic carbocycles. The molecule has 1 spiro atoms. The number of carbonyl (C=O) groups is 2. The number of carbonyl (C=O) groups excluding carboxylic acids is 2. The van der Waals surface area contributed by atoms with Gasteiger partial charge < -0.3 is 19.9 Å². The van der Waals surface area contributed by atoms with Crippen molar-refractivity contribution in [2.24, 2.45) is 0 Å². The summed E-state index contributed by atoms with van der Waals surface area (Å²) in [6.07, 6.45) is 5.82. The van der Waals surface area contributed by atoms with Crippen molar-refractivity contribution in [3.05, 3.63) is 98.3 Å². The van der Waals surface area contributed by atoms with E-state index >= 15 is 0 Å². The molecule has 0 unspecified atom stereocenters. The van der Waals surface area contributed by atoms with Gasteiger partial charge in [0, 0.05) is 56.3 Å². The van der Waals surface area contributed by atoms with Crippen LogP contribution in [-0.2, 0) is 34.2 Å². The molecule has 2 N–H and O–H groups in total. The van der Waals surface area contributed by atoms with Gasteiger partial charge in [-0.05, 0) is 79.3 Å². The Bertz CT molecular complexity index is 1590. The third kappa shape index (κ3) is 5.39. The van der Waals surface area contributed by atoms with Crippen LogP contribution in [0.4, 0.5) is 5.82 Å². The Morgan fingerprint density at radius 2 is 1.73 bits per heavy atom. The molecule has 230 valence electrons. The van der Waals surface area contributed by atoms with E-state index in [1.807, 2.05) is 30.3 Å². The Labute approximate surface area is 258 Å². The van der Waals surface area contributed by atoms with Gasteiger partial charge in [-0.15, -0.1) is 0 Å². The number of hydrogen-bond acceptors (Lipinski definition) is 6. The predicted molar refractivity (Wildman–Crippen MR) is 171 cm³/mol. The zero-order valence-electron chi connectivity index (χ0n) is 25.4. The van der Waals surface area contributed by atoms with Crippen LogP contribution in [0.15, 0.2) is 59.4 Å². The van der Waals surface area contributed by atoms with Crippen LogP contribution in [0.25, 0.3) is 0 Å². The van der Waals surface area contributed by atoms with E-state index in [-0.39, 0.29) is 23.2 Å². The number of rotatable bonds is 7. The van der Waals surface area contributed by atoms with Crippen molar-refractivity contribution in [2.45, 2.75) is 56.3 Å². The molecule has 8 nitrogen and oxygen atoms in total. The number of Topliss-reactive ketones (excluding diaryl/α,β-unsaturated/α-hetero) is 1. The van der Waals surface area contributed by atoms with E-state index in [9.17, 15) is 14.4 Å². The highest BCUT2D eigenvalue weighted by atomic mass is 16.5. The second-order valence-electron chi connectivity index (χ2n) is 12.9. The third-order valence-corrected chi connectivity index (χ3v) is 10.4. The Kier molecular flexibility index (Phi) is 8.12. The first-order valence-corrected chi connectivity index (χ1v) is 16.3. The van der Waals surface area contributed by atoms with Crippen LogP contribution < -0.4 is 15.8 Å². The SMILES string of the molecule is O=C(NCCN1CCOCC1)c1cccc2c1C1(CCN(c3cc4c(c(=O)[nH]3)CCCC4)CC1)C(=O)[C@@H]2Cc1ccccc1. The van der Waals surface area contributed by atoms with Gasteiger partial charge in [-0.2, -0.15) is 0 Å². The number of H-pyrrole nitrogens is 1. The van der Waals surface area contributed by atoms with Crippen molar-refractivity contribution >= 4 is 17.5 Å². The fourth-order valence-corrected chi connectivity index (χ4v) is 8.02. The lowest BCUT2D eigenvalue weighted by molar-refractivity contribution is -0.125. The summed E-state index contributed by atoms with van der Waals surface area (Å²) in [5.74, 6) is 0.683. The summed E-state index contributed by atoms with van der Waals surface area (Å²) in [4.78, 5) is 49.0. The highest BCUT2D eigenvalue weighted by Gasteiger charge is 2.54. The van der Waals surface area contributed by atoms with Gasteiger partial charge in [0.2, 0.25) is 0 Å². The molecule has 8 heteroatoms. The average Bonchev–Trinajstić information content (AvgIpc) is 3.28. The molecule has 0 bridgehead atoms. The highest BCUT2D eigenvalue weighted by Crippen LogP contribution is 2.51. The summed E-state index contributed by atoms with van der Waals surface area (Å²) in [5, 5.41) is 3.16. The minimum atomic E-state index is -0.724. The van der Waals surface area contributed by atoms with Gasteiger partial charge in [-0.1, -0.05) is 42.5 Å². The van der Waals surface area contributed by atoms with Gasteiger partial charge >= 0.3 is 0 Å². The molecule has 7 rings (SSSR count). The topological polar surface area (TPSA) is 94.7 Å². The molecule has 3 aromatic rings. The first-order valence-electron chi connectivity index (χ1n) is 16.3. The quantitative estimate of drug-likeness (QED) is 0.433. The maximum atomic E-state index is 14.6. The zero-order valence-corrected chi connectivity index (χ0v) is 25.4. The van der Waals surface area contributed by atoms with E-state index in [1.54, 1.807) is 0 Å². The van der Waals surface area contributed by atoms with Gasteiger partial charge in [0.05, 0.1) is 18.6 Å². The number of aryl methyl sites for hydroxylation is 1. The first-order chi connectivity index (χ1) is 21.5. The van der Waals surface area contributed by atoms with E-state index in [2.05, 4.69) is 44.4 Å². The second kappa shape index (κ2) is 12.3. The molecule has 2 fully saturated rings. The molecule has 1 aromatic heterocycles. The fourth-order valence-electron chi connectivity index (χ4n) is 8.02. The fraction of sp³-hybridized carbons (Fsp3) is 0.472. The molecule has 3 heterocycles. The number of anilines is 1. The summed E-state index contributed by atoms with van der Waals surface area (Å²) in [5.41, 5.74) is 5.07. The Hall–Kier alpha value is -3.75. The minimum Gasteiger partial charge on any atom is -0.379 e. The average molecular weight is 595 g/mol. The summed E-state index contributed by atoms with van der Waals surface area (Å²) in [7, 11) is 0. The first kappa shape index (κ1) is 29.0. The van der Waals surface area contributed by atoms with Gasteiger partial charge in [0.1, 0.15) is 5.82 Å². The van der Waals surface area contributed by atoms with Crippen LogP contribution in [-0.4, -0.2) is 74.1 Å². The maximum Gasteiger partial charge on any atom is 0.252 e. The van der Waals surface area contributed by atoms with Crippen molar-refractivity contribution in [3.63, 3.8) is 0 Å². The number of aromatic nitrogens is 1. The van der Waals surface area contributed by atoms with Crippen molar-refractivity contribution in [1.82, 2.24) is 15.2 Å². The molecule has 0 radical (unpaired) electrons. The van der Waals surface area contributed by atoms with E-state index in [0.29, 0.717) is 44.5 Å². The van der Waals surface area contributed by atoms with Crippen molar-refractivity contribution in [1.29, 1.82) is 0 Å². The summed E-state index contributed by atoms with van der Waals surface area (Å²) < 4.78 is 5.46. The van der Waals surface area contributed by atoms with Crippen LogP contribution in [0.3, 0.4) is 0 Å². The number of ether oxygens (including phenoxy) is 1. The van der Waals surface area contributed by atoms with Crippen LogP contribution >= 0.6 is 0 Å². The van der Waals surface area contributed by atoms with Gasteiger partial charge in [0.15, 0.2) is 5.78 Å². The molecule has 0 saturated carbocycles. The largest absolute Gasteiger partial charge is 0.379 e. The number of piperidine rings is 1. The lowest BCUT2D eigenvalue weighted by atomic mass is 9.70. The number of morpholine rings is 1. The standard InChI is InChI=1S/C36H42N4O4/c41-33-30(23-25-7-2-1-3-8-25)28-11-6-12-29(34(42)37-15-18-39-19-21-44-22-20-39)32(28)36(33)13-16-40(17-14-36)31-24-26-9-4-5-10-27(26)35(43)38-31/h1-3,6-8,11-12,24,30H,4-5,9-10,13-23H2,(H,37,42)(H,38,43)/t30-/m1/s1. The monoisotopic (exact) mass is 594 g/mol. The van der Waals surface area contributed by atoms with E-state index in [0.717, 1.165) is 92.2 Å². The number of ketones is 1. The maximum absolute atomic E-state index is 14.6. The molecule has 1 atom stereocenters. The number of amides is 1. The van der Waals surface area contributed by atoms with Crippen molar-refractivity contribution in [3.8, 4) is 0 Å². The van der Waals surface area contributed by atoms with Crippen LogP contribution in [0, 0.1) is 0 Å². The third-order valence-electron chi connectivity index (χ3n) is 10.4. The molecule has 1 amide bonds. The number of pyridine rings is 1.